The molecule has 0 fully saturated rings. The quantitative estimate of drug-likeness (QED) is 0.534. The number of hydrogen-bond donors (Lipinski definition) is 0. The van der Waals surface area contributed by atoms with Crippen LogP contribution in [0.3, 0.4) is 0 Å². The Morgan fingerprint density at radius 1 is 1.27 bits per heavy atom. The highest BCUT2D eigenvalue weighted by Crippen LogP contribution is 2.26. The minimum atomic E-state index is -0.398. The summed E-state index contributed by atoms with van der Waals surface area (Å²) in [4.78, 5) is 14.9. The molecular weight excluding hydrogens is 282 g/mol. The van der Waals surface area contributed by atoms with E-state index in [9.17, 15) is 10.1 Å². The highest BCUT2D eigenvalue weighted by molar-refractivity contribution is 5.75. The maximum absolute atomic E-state index is 11.0. The zero-order valence-electron chi connectivity index (χ0n) is 12.1. The predicted octanol–water partition coefficient (Wildman–Crippen LogP) is 3.39. The second-order valence-electron chi connectivity index (χ2n) is 4.84. The van der Waals surface area contributed by atoms with E-state index in [4.69, 9.17) is 4.74 Å². The zero-order chi connectivity index (χ0) is 15.5. The van der Waals surface area contributed by atoms with Crippen molar-refractivity contribution < 1.29 is 9.66 Å². The summed E-state index contributed by atoms with van der Waals surface area (Å²) in [6.07, 6.45) is 1.74. The van der Waals surface area contributed by atoms with Crippen LogP contribution in [0.4, 0.5) is 5.69 Å². The Morgan fingerprint density at radius 3 is 2.86 bits per heavy atom. The Bertz CT molecular complexity index is 826. The zero-order valence-corrected chi connectivity index (χ0v) is 12.1. The monoisotopic (exact) mass is 297 g/mol. The van der Waals surface area contributed by atoms with Gasteiger partial charge in [0.15, 0.2) is 0 Å². The Hall–Kier alpha value is -2.89. The van der Waals surface area contributed by atoms with Crippen molar-refractivity contribution >= 4 is 16.7 Å². The van der Waals surface area contributed by atoms with Crippen LogP contribution in [-0.2, 0) is 6.54 Å². The van der Waals surface area contributed by atoms with Crippen LogP contribution in [0.1, 0.15) is 12.5 Å². The number of imidazole rings is 1. The maximum atomic E-state index is 11.0. The van der Waals surface area contributed by atoms with E-state index >= 15 is 0 Å². The van der Waals surface area contributed by atoms with Crippen molar-refractivity contribution in [1.29, 1.82) is 0 Å². The first-order chi connectivity index (χ1) is 10.7. The molecule has 0 spiro atoms. The van der Waals surface area contributed by atoms with Gasteiger partial charge in [-0.15, -0.1) is 0 Å². The molecule has 3 rings (SSSR count). The molecule has 112 valence electrons. The normalized spacial score (nSPS) is 10.8. The van der Waals surface area contributed by atoms with E-state index in [1.807, 2.05) is 35.8 Å². The molecule has 6 heteroatoms. The molecule has 22 heavy (non-hydrogen) atoms. The highest BCUT2D eigenvalue weighted by Gasteiger charge is 2.13. The SMILES string of the molecule is CCOc1ccc([N+](=O)[O-])cc1Cn1cnc2ccccc21. The summed E-state index contributed by atoms with van der Waals surface area (Å²) in [5.41, 5.74) is 2.70. The summed E-state index contributed by atoms with van der Waals surface area (Å²) in [5.74, 6) is 0.658. The Labute approximate surface area is 127 Å². The summed E-state index contributed by atoms with van der Waals surface area (Å²) >= 11 is 0. The molecule has 1 aromatic heterocycles. The van der Waals surface area contributed by atoms with Crippen LogP contribution in [0.2, 0.25) is 0 Å². The number of nitrogens with zero attached hydrogens (tertiary/aromatic N) is 3. The fraction of sp³-hybridized carbons (Fsp3) is 0.188. The third-order valence-electron chi connectivity index (χ3n) is 3.42. The van der Waals surface area contributed by atoms with Crippen LogP contribution < -0.4 is 4.74 Å². The average Bonchev–Trinajstić information content (AvgIpc) is 2.92. The van der Waals surface area contributed by atoms with E-state index in [1.165, 1.54) is 6.07 Å². The van der Waals surface area contributed by atoms with Gasteiger partial charge < -0.3 is 9.30 Å². The minimum absolute atomic E-state index is 0.0582. The second kappa shape index (κ2) is 5.85. The molecule has 0 N–H and O–H groups in total. The van der Waals surface area contributed by atoms with Crippen molar-refractivity contribution in [3.63, 3.8) is 0 Å². The molecule has 1 heterocycles. The Morgan fingerprint density at radius 2 is 2.09 bits per heavy atom. The summed E-state index contributed by atoms with van der Waals surface area (Å²) < 4.78 is 7.53. The minimum Gasteiger partial charge on any atom is -0.494 e. The molecule has 0 radical (unpaired) electrons. The lowest BCUT2D eigenvalue weighted by Gasteiger charge is -2.11. The molecular formula is C16H15N3O3. The van der Waals surface area contributed by atoms with Crippen molar-refractivity contribution in [2.45, 2.75) is 13.5 Å². The molecule has 3 aromatic rings. The van der Waals surface area contributed by atoms with Gasteiger partial charge >= 0.3 is 0 Å². The van der Waals surface area contributed by atoms with Crippen molar-refractivity contribution in [3.05, 3.63) is 64.5 Å². The average molecular weight is 297 g/mol. The van der Waals surface area contributed by atoms with Crippen molar-refractivity contribution in [1.82, 2.24) is 9.55 Å². The van der Waals surface area contributed by atoms with Crippen LogP contribution in [0.5, 0.6) is 5.75 Å². The van der Waals surface area contributed by atoms with E-state index in [0.29, 0.717) is 18.9 Å². The van der Waals surface area contributed by atoms with E-state index in [-0.39, 0.29) is 5.69 Å². The number of hydrogen-bond acceptors (Lipinski definition) is 4. The molecule has 0 saturated heterocycles. The number of nitro groups is 1. The Kier molecular flexibility index (Phi) is 3.74. The molecule has 0 bridgehead atoms. The van der Waals surface area contributed by atoms with Crippen molar-refractivity contribution in [2.24, 2.45) is 0 Å². The third kappa shape index (κ3) is 2.63. The largest absolute Gasteiger partial charge is 0.494 e. The first-order valence-corrected chi connectivity index (χ1v) is 6.99. The molecule has 0 aliphatic carbocycles. The molecule has 2 aromatic carbocycles. The molecule has 0 unspecified atom stereocenters. The number of fused-ring (bicyclic) bond motifs is 1. The van der Waals surface area contributed by atoms with E-state index < -0.39 is 4.92 Å². The number of rotatable bonds is 5. The van der Waals surface area contributed by atoms with Gasteiger partial charge in [0.1, 0.15) is 5.75 Å². The molecule has 0 aliphatic rings. The van der Waals surface area contributed by atoms with E-state index in [0.717, 1.165) is 16.6 Å². The lowest BCUT2D eigenvalue weighted by atomic mass is 10.1. The first kappa shape index (κ1) is 14.1. The smallest absolute Gasteiger partial charge is 0.270 e. The molecule has 0 atom stereocenters. The van der Waals surface area contributed by atoms with Crippen LogP contribution in [-0.4, -0.2) is 21.1 Å². The molecule has 0 saturated carbocycles. The van der Waals surface area contributed by atoms with Gasteiger partial charge in [-0.1, -0.05) is 12.1 Å². The molecule has 6 nitrogen and oxygen atoms in total. The topological polar surface area (TPSA) is 70.2 Å². The first-order valence-electron chi connectivity index (χ1n) is 6.99. The number of ether oxygens (including phenoxy) is 1. The van der Waals surface area contributed by atoms with Gasteiger partial charge in [-0.05, 0) is 25.1 Å². The van der Waals surface area contributed by atoms with Gasteiger partial charge in [-0.3, -0.25) is 10.1 Å². The van der Waals surface area contributed by atoms with Crippen molar-refractivity contribution in [2.75, 3.05) is 6.61 Å². The maximum Gasteiger partial charge on any atom is 0.270 e. The summed E-state index contributed by atoms with van der Waals surface area (Å²) in [5, 5.41) is 11.0. The highest BCUT2D eigenvalue weighted by atomic mass is 16.6. The summed E-state index contributed by atoms with van der Waals surface area (Å²) in [6, 6.07) is 12.4. The van der Waals surface area contributed by atoms with Gasteiger partial charge in [0.05, 0.1) is 35.4 Å². The van der Waals surface area contributed by atoms with Gasteiger partial charge in [0.2, 0.25) is 0 Å². The standard InChI is InChI=1S/C16H15N3O3/c1-2-22-16-8-7-13(19(20)21)9-12(16)10-18-11-17-14-5-3-4-6-15(14)18/h3-9,11H,2,10H2,1H3. The van der Waals surface area contributed by atoms with E-state index in [2.05, 4.69) is 4.98 Å². The molecule has 0 amide bonds. The van der Waals surface area contributed by atoms with Crippen LogP contribution in [0, 0.1) is 10.1 Å². The van der Waals surface area contributed by atoms with Gasteiger partial charge in [0, 0.05) is 17.7 Å². The number of nitro benzene ring substituents is 1. The fourth-order valence-electron chi connectivity index (χ4n) is 2.42. The number of aromatic nitrogens is 2. The van der Waals surface area contributed by atoms with Crippen molar-refractivity contribution in [3.8, 4) is 5.75 Å². The predicted molar refractivity (Wildman–Crippen MR) is 83.1 cm³/mol. The lowest BCUT2D eigenvalue weighted by Crippen LogP contribution is -2.03. The van der Waals surface area contributed by atoms with Gasteiger partial charge in [0.25, 0.3) is 5.69 Å². The lowest BCUT2D eigenvalue weighted by molar-refractivity contribution is -0.384. The van der Waals surface area contributed by atoms with Gasteiger partial charge in [-0.2, -0.15) is 0 Å². The third-order valence-corrected chi connectivity index (χ3v) is 3.42. The van der Waals surface area contributed by atoms with E-state index in [1.54, 1.807) is 18.5 Å². The Balaban J connectivity index is 2.02. The van der Waals surface area contributed by atoms with Crippen LogP contribution in [0.15, 0.2) is 48.8 Å². The number of benzene rings is 2. The summed E-state index contributed by atoms with van der Waals surface area (Å²) in [6.45, 7) is 2.87. The number of non-ortho nitro benzene ring substituents is 1. The number of para-hydroxylation sites is 2. The second-order valence-corrected chi connectivity index (χ2v) is 4.84. The van der Waals surface area contributed by atoms with Crippen LogP contribution >= 0.6 is 0 Å². The fourth-order valence-corrected chi connectivity index (χ4v) is 2.42. The molecule has 0 aliphatic heterocycles. The summed E-state index contributed by atoms with van der Waals surface area (Å²) in [7, 11) is 0. The van der Waals surface area contributed by atoms with Crippen LogP contribution in [0.25, 0.3) is 11.0 Å². The van der Waals surface area contributed by atoms with Gasteiger partial charge in [-0.25, -0.2) is 4.98 Å².